The van der Waals surface area contributed by atoms with E-state index in [2.05, 4.69) is 47.1 Å². The third-order valence-electron chi connectivity index (χ3n) is 2.30. The number of nitrogens with one attached hydrogen (secondary N) is 2. The van der Waals surface area contributed by atoms with Gasteiger partial charge in [0.1, 0.15) is 0 Å². The van der Waals surface area contributed by atoms with Crippen LogP contribution in [-0.2, 0) is 5.41 Å². The van der Waals surface area contributed by atoms with E-state index in [9.17, 15) is 0 Å². The molecule has 0 aromatic carbocycles. The van der Waals surface area contributed by atoms with Crippen molar-refractivity contribution in [2.24, 2.45) is 10.8 Å². The Morgan fingerprint density at radius 2 is 2.31 bits per heavy atom. The summed E-state index contributed by atoms with van der Waals surface area (Å²) in [4.78, 5) is 5.77. The summed E-state index contributed by atoms with van der Waals surface area (Å²) in [6.45, 7) is 7.89. The highest BCUT2D eigenvalue weighted by molar-refractivity contribution is 7.10. The second kappa shape index (κ2) is 5.86. The fourth-order valence-electron chi connectivity index (χ4n) is 1.34. The van der Waals surface area contributed by atoms with Gasteiger partial charge in [-0.3, -0.25) is 10.4 Å². The highest BCUT2D eigenvalue weighted by Crippen LogP contribution is 2.27. The van der Waals surface area contributed by atoms with E-state index in [-0.39, 0.29) is 5.41 Å². The molecular weight excluding hydrogens is 220 g/mol. The molecule has 0 fully saturated rings. The fourth-order valence-corrected chi connectivity index (χ4v) is 2.18. The first kappa shape index (κ1) is 13.0. The highest BCUT2D eigenvalue weighted by atomic mass is 32.1. The van der Waals surface area contributed by atoms with E-state index in [1.54, 1.807) is 11.3 Å². The maximum absolute atomic E-state index is 5.37. The predicted octanol–water partition coefficient (Wildman–Crippen LogP) is 1.45. The molecule has 0 aliphatic rings. The van der Waals surface area contributed by atoms with Gasteiger partial charge in [-0.05, 0) is 18.4 Å². The maximum Gasteiger partial charge on any atom is 0.205 e. The number of hydrazine groups is 1. The van der Waals surface area contributed by atoms with Crippen LogP contribution in [0.3, 0.4) is 0 Å². The van der Waals surface area contributed by atoms with Gasteiger partial charge in [-0.25, -0.2) is 5.84 Å². The first-order chi connectivity index (χ1) is 7.60. The van der Waals surface area contributed by atoms with E-state index in [1.165, 1.54) is 4.88 Å². The highest BCUT2D eigenvalue weighted by Gasteiger charge is 2.21. The second-order valence-electron chi connectivity index (χ2n) is 4.20. The van der Waals surface area contributed by atoms with Crippen molar-refractivity contribution in [3.63, 3.8) is 0 Å². The van der Waals surface area contributed by atoms with Crippen molar-refractivity contribution < 1.29 is 0 Å². The summed E-state index contributed by atoms with van der Waals surface area (Å²) in [5.74, 6) is 6.01. The molecule has 1 heterocycles. The van der Waals surface area contributed by atoms with Crippen LogP contribution in [-0.4, -0.2) is 19.0 Å². The average Bonchev–Trinajstić information content (AvgIpc) is 2.78. The molecule has 16 heavy (non-hydrogen) atoms. The van der Waals surface area contributed by atoms with Crippen LogP contribution in [0.2, 0.25) is 0 Å². The van der Waals surface area contributed by atoms with Crippen molar-refractivity contribution in [1.82, 2.24) is 10.7 Å². The summed E-state index contributed by atoms with van der Waals surface area (Å²) in [6.07, 6.45) is 0. The summed E-state index contributed by atoms with van der Waals surface area (Å²) in [6, 6.07) is 4.21. The number of hydrogen-bond acceptors (Lipinski definition) is 3. The van der Waals surface area contributed by atoms with Crippen LogP contribution in [0, 0.1) is 0 Å². The van der Waals surface area contributed by atoms with Crippen LogP contribution in [0.4, 0.5) is 0 Å². The molecule has 0 saturated heterocycles. The number of aliphatic imine (C=N–C) groups is 1. The van der Waals surface area contributed by atoms with Crippen molar-refractivity contribution in [1.29, 1.82) is 0 Å². The molecule has 4 N–H and O–H groups in total. The summed E-state index contributed by atoms with van der Waals surface area (Å²) in [5, 5.41) is 5.16. The van der Waals surface area contributed by atoms with Crippen LogP contribution in [0.25, 0.3) is 0 Å². The standard InChI is InChI=1S/C11H20N4S/c1-4-13-10(15-12)14-8-11(2,3)9-6-5-7-16-9/h5-7H,4,8,12H2,1-3H3,(H2,13,14,15). The largest absolute Gasteiger partial charge is 0.356 e. The summed E-state index contributed by atoms with van der Waals surface area (Å²) in [7, 11) is 0. The van der Waals surface area contributed by atoms with E-state index < -0.39 is 0 Å². The van der Waals surface area contributed by atoms with Gasteiger partial charge in [-0.2, -0.15) is 0 Å². The Labute approximate surface area is 101 Å². The average molecular weight is 240 g/mol. The number of thiophene rings is 1. The molecule has 0 atom stereocenters. The third kappa shape index (κ3) is 3.50. The zero-order valence-electron chi connectivity index (χ0n) is 10.1. The summed E-state index contributed by atoms with van der Waals surface area (Å²) < 4.78 is 0. The first-order valence-corrected chi connectivity index (χ1v) is 6.27. The number of hydrogen-bond donors (Lipinski definition) is 3. The minimum Gasteiger partial charge on any atom is -0.356 e. The van der Waals surface area contributed by atoms with Crippen molar-refractivity contribution in [2.45, 2.75) is 26.2 Å². The zero-order valence-corrected chi connectivity index (χ0v) is 10.9. The Morgan fingerprint density at radius 1 is 1.56 bits per heavy atom. The van der Waals surface area contributed by atoms with Gasteiger partial charge in [0.2, 0.25) is 5.96 Å². The number of guanidine groups is 1. The fraction of sp³-hybridized carbons (Fsp3) is 0.545. The lowest BCUT2D eigenvalue weighted by molar-refractivity contribution is 0.549. The lowest BCUT2D eigenvalue weighted by atomic mass is 9.92. The second-order valence-corrected chi connectivity index (χ2v) is 5.15. The minimum atomic E-state index is 0.0473. The van der Waals surface area contributed by atoms with Gasteiger partial charge in [0.05, 0.1) is 6.54 Å². The quantitative estimate of drug-likeness (QED) is 0.323. The number of rotatable bonds is 4. The van der Waals surface area contributed by atoms with Gasteiger partial charge in [-0.15, -0.1) is 11.3 Å². The zero-order chi connectivity index (χ0) is 12.0. The Kier molecular flexibility index (Phi) is 4.76. The van der Waals surface area contributed by atoms with Crippen molar-refractivity contribution in [3.05, 3.63) is 22.4 Å². The SMILES string of the molecule is CCNC(=NCC(C)(C)c1cccs1)NN. The predicted molar refractivity (Wildman–Crippen MR) is 70.6 cm³/mol. The van der Waals surface area contributed by atoms with Gasteiger partial charge in [0.15, 0.2) is 0 Å². The Morgan fingerprint density at radius 3 is 2.81 bits per heavy atom. The van der Waals surface area contributed by atoms with E-state index in [4.69, 9.17) is 5.84 Å². The lowest BCUT2D eigenvalue weighted by Gasteiger charge is -2.21. The molecule has 0 saturated carbocycles. The topological polar surface area (TPSA) is 62.4 Å². The van der Waals surface area contributed by atoms with E-state index in [1.807, 2.05) is 6.92 Å². The third-order valence-corrected chi connectivity index (χ3v) is 3.54. The van der Waals surface area contributed by atoms with Crippen LogP contribution < -0.4 is 16.6 Å². The molecule has 0 amide bonds. The molecule has 0 unspecified atom stereocenters. The first-order valence-electron chi connectivity index (χ1n) is 5.39. The molecule has 1 aromatic rings. The molecule has 0 aliphatic heterocycles. The Bertz CT molecular complexity index is 330. The van der Waals surface area contributed by atoms with Crippen LogP contribution >= 0.6 is 11.3 Å². The molecule has 0 radical (unpaired) electrons. The molecule has 1 rings (SSSR count). The molecule has 0 spiro atoms. The Balaban J connectivity index is 2.65. The van der Waals surface area contributed by atoms with Gasteiger partial charge < -0.3 is 5.32 Å². The monoisotopic (exact) mass is 240 g/mol. The summed E-state index contributed by atoms with van der Waals surface area (Å²) >= 11 is 1.76. The van der Waals surface area contributed by atoms with Crippen molar-refractivity contribution in [2.75, 3.05) is 13.1 Å². The van der Waals surface area contributed by atoms with E-state index in [0.29, 0.717) is 12.5 Å². The molecule has 1 aromatic heterocycles. The smallest absolute Gasteiger partial charge is 0.205 e. The Hall–Kier alpha value is -1.07. The normalized spacial score (nSPS) is 12.6. The van der Waals surface area contributed by atoms with E-state index in [0.717, 1.165) is 6.54 Å². The van der Waals surface area contributed by atoms with Gasteiger partial charge >= 0.3 is 0 Å². The number of nitrogens with two attached hydrogens (primary N) is 1. The van der Waals surface area contributed by atoms with Crippen molar-refractivity contribution >= 4 is 17.3 Å². The van der Waals surface area contributed by atoms with Crippen LogP contribution in [0.1, 0.15) is 25.6 Å². The number of nitrogens with zero attached hydrogens (tertiary/aromatic N) is 1. The van der Waals surface area contributed by atoms with Gasteiger partial charge in [-0.1, -0.05) is 19.9 Å². The summed E-state index contributed by atoms with van der Waals surface area (Å²) in [5.41, 5.74) is 2.61. The molecule has 90 valence electrons. The van der Waals surface area contributed by atoms with Crippen LogP contribution in [0.5, 0.6) is 0 Å². The van der Waals surface area contributed by atoms with Gasteiger partial charge in [0, 0.05) is 16.8 Å². The molecular formula is C11H20N4S. The van der Waals surface area contributed by atoms with Crippen molar-refractivity contribution in [3.8, 4) is 0 Å². The molecule has 5 heteroatoms. The molecule has 0 aliphatic carbocycles. The maximum atomic E-state index is 5.37. The van der Waals surface area contributed by atoms with Crippen LogP contribution in [0.15, 0.2) is 22.5 Å². The van der Waals surface area contributed by atoms with Gasteiger partial charge in [0.25, 0.3) is 0 Å². The molecule has 0 bridgehead atoms. The van der Waals surface area contributed by atoms with E-state index >= 15 is 0 Å². The lowest BCUT2D eigenvalue weighted by Crippen LogP contribution is -2.42. The minimum absolute atomic E-state index is 0.0473. The molecule has 4 nitrogen and oxygen atoms in total.